The number of hydrogen-bond donors (Lipinski definition) is 0. The smallest absolute Gasteiger partial charge is 0.0279 e. The Morgan fingerprint density at radius 3 is 1.93 bits per heavy atom. The lowest BCUT2D eigenvalue weighted by molar-refractivity contribution is 0.717. The van der Waals surface area contributed by atoms with Crippen LogP contribution in [0.4, 0.5) is 0 Å². The van der Waals surface area contributed by atoms with Crippen LogP contribution in [-0.4, -0.2) is 0 Å². The Morgan fingerprint density at radius 2 is 1.47 bits per heavy atom. The second-order valence-electron chi connectivity index (χ2n) is 4.67. The third kappa shape index (κ3) is 11.1. The highest BCUT2D eigenvalue weighted by Gasteiger charge is 1.89. The first kappa shape index (κ1) is 14.2. The van der Waals surface area contributed by atoms with Gasteiger partial charge < -0.3 is 0 Å². The molecule has 0 fully saturated rings. The number of hydrogen-bond acceptors (Lipinski definition) is 0. The molecular weight excluding hydrogens is 180 g/mol. The lowest BCUT2D eigenvalue weighted by atomic mass is 10.1. The summed E-state index contributed by atoms with van der Waals surface area (Å²) < 4.78 is 0. The topological polar surface area (TPSA) is 0 Å². The summed E-state index contributed by atoms with van der Waals surface area (Å²) in [4.78, 5) is 0. The average Bonchev–Trinajstić information content (AvgIpc) is 2.19. The van der Waals surface area contributed by atoms with Crippen LogP contribution in [0.3, 0.4) is 0 Å². The van der Waals surface area contributed by atoms with Crippen molar-refractivity contribution in [1.29, 1.82) is 0 Å². The zero-order chi connectivity index (χ0) is 11.5. The lowest BCUT2D eigenvalue weighted by Gasteiger charge is -1.98. The van der Waals surface area contributed by atoms with Gasteiger partial charge in [-0.1, -0.05) is 70.9 Å². The molecule has 1 aromatic rings. The highest BCUT2D eigenvalue weighted by Crippen LogP contribution is 2.05. The number of unbranched alkanes of at least 4 members (excludes halogenated alkanes) is 2. The number of rotatable bonds is 4. The average molecular weight is 206 g/mol. The lowest BCUT2D eigenvalue weighted by Crippen LogP contribution is -1.83. The molecule has 1 rings (SSSR count). The highest BCUT2D eigenvalue weighted by molar-refractivity contribution is 5.14. The highest BCUT2D eigenvalue weighted by atomic mass is 13.9. The summed E-state index contributed by atoms with van der Waals surface area (Å²) in [5, 5.41) is 0. The van der Waals surface area contributed by atoms with E-state index in [1.807, 2.05) is 0 Å². The summed E-state index contributed by atoms with van der Waals surface area (Å²) >= 11 is 0. The van der Waals surface area contributed by atoms with E-state index in [0.29, 0.717) is 0 Å². The van der Waals surface area contributed by atoms with Crippen molar-refractivity contribution in [2.75, 3.05) is 0 Å². The van der Waals surface area contributed by atoms with Gasteiger partial charge in [-0.05, 0) is 24.3 Å². The Kier molecular flexibility index (Phi) is 9.26. The van der Waals surface area contributed by atoms with Crippen molar-refractivity contribution in [3.05, 3.63) is 35.9 Å². The van der Waals surface area contributed by atoms with Crippen LogP contribution < -0.4 is 0 Å². The molecule has 0 aliphatic rings. The molecule has 0 atom stereocenters. The van der Waals surface area contributed by atoms with E-state index < -0.39 is 0 Å². The van der Waals surface area contributed by atoms with Gasteiger partial charge in [0, 0.05) is 0 Å². The Labute approximate surface area is 95.7 Å². The quantitative estimate of drug-likeness (QED) is 0.602. The predicted octanol–water partition coefficient (Wildman–Crippen LogP) is 5.08. The van der Waals surface area contributed by atoms with Crippen LogP contribution in [0.1, 0.15) is 52.5 Å². The summed E-state index contributed by atoms with van der Waals surface area (Å²) in [7, 11) is 0. The third-order valence-corrected chi connectivity index (χ3v) is 1.91. The predicted molar refractivity (Wildman–Crippen MR) is 70.2 cm³/mol. The normalized spacial score (nSPS) is 9.67. The van der Waals surface area contributed by atoms with Gasteiger partial charge in [0.2, 0.25) is 0 Å². The van der Waals surface area contributed by atoms with Crippen LogP contribution in [0.25, 0.3) is 0 Å². The molecule has 1 aromatic carbocycles. The van der Waals surface area contributed by atoms with Gasteiger partial charge in [0.05, 0.1) is 0 Å². The molecule has 0 amide bonds. The maximum Gasteiger partial charge on any atom is -0.0279 e. The van der Waals surface area contributed by atoms with Gasteiger partial charge in [0.1, 0.15) is 0 Å². The maximum atomic E-state index is 2.24. The molecule has 0 nitrogen and oxygen atoms in total. The molecule has 0 bridgehead atoms. The zero-order valence-corrected chi connectivity index (χ0v) is 10.8. The molecule has 15 heavy (non-hydrogen) atoms. The minimum Gasteiger partial charge on any atom is -0.0654 e. The number of benzene rings is 1. The molecular formula is C15H26. The van der Waals surface area contributed by atoms with Gasteiger partial charge in [-0.2, -0.15) is 0 Å². The van der Waals surface area contributed by atoms with Crippen molar-refractivity contribution in [2.24, 2.45) is 5.92 Å². The summed E-state index contributed by atoms with van der Waals surface area (Å²) in [6, 6.07) is 10.7. The van der Waals surface area contributed by atoms with Crippen molar-refractivity contribution in [1.82, 2.24) is 0 Å². The fraction of sp³-hybridized carbons (Fsp3) is 0.600. The molecule has 0 saturated carbocycles. The molecule has 0 aliphatic heterocycles. The van der Waals surface area contributed by atoms with Crippen molar-refractivity contribution in [3.63, 3.8) is 0 Å². The molecule has 0 unspecified atom stereocenters. The van der Waals surface area contributed by atoms with E-state index in [2.05, 4.69) is 58.0 Å². The van der Waals surface area contributed by atoms with Gasteiger partial charge >= 0.3 is 0 Å². The van der Waals surface area contributed by atoms with Crippen molar-refractivity contribution >= 4 is 0 Å². The Bertz CT molecular complexity index is 208. The second kappa shape index (κ2) is 9.76. The van der Waals surface area contributed by atoms with Crippen molar-refractivity contribution in [3.8, 4) is 0 Å². The molecule has 0 saturated heterocycles. The largest absolute Gasteiger partial charge is 0.0654 e. The first-order chi connectivity index (χ1) is 7.16. The monoisotopic (exact) mass is 206 g/mol. The fourth-order valence-electron chi connectivity index (χ4n) is 1.22. The van der Waals surface area contributed by atoms with Crippen LogP contribution in [-0.2, 0) is 6.42 Å². The summed E-state index contributed by atoms with van der Waals surface area (Å²) in [5.74, 6) is 0.833. The van der Waals surface area contributed by atoms with E-state index in [0.717, 1.165) is 5.92 Å². The number of aryl methyl sites for hydroxylation is 1. The molecule has 0 spiro atoms. The van der Waals surface area contributed by atoms with E-state index >= 15 is 0 Å². The summed E-state index contributed by atoms with van der Waals surface area (Å²) in [6.07, 6.45) is 5.25. The van der Waals surface area contributed by atoms with Crippen molar-refractivity contribution < 1.29 is 0 Å². The molecule has 0 aliphatic carbocycles. The minimum atomic E-state index is 0.833. The molecule has 86 valence electrons. The van der Waals surface area contributed by atoms with Crippen LogP contribution in [0.2, 0.25) is 0 Å². The van der Waals surface area contributed by atoms with Crippen LogP contribution in [0.15, 0.2) is 30.3 Å². The van der Waals surface area contributed by atoms with E-state index in [1.165, 1.54) is 31.2 Å². The summed E-state index contributed by atoms with van der Waals surface area (Å²) in [5.41, 5.74) is 1.47. The fourth-order valence-corrected chi connectivity index (χ4v) is 1.22. The molecule has 0 radical (unpaired) electrons. The van der Waals surface area contributed by atoms with Crippen LogP contribution in [0, 0.1) is 5.92 Å². The van der Waals surface area contributed by atoms with E-state index in [-0.39, 0.29) is 0 Å². The standard InChI is InChI=1S/C11H16.C4H10/c1-2-3-5-8-11-9-6-4-7-10-11;1-4(2)3/h4,6-7,9-10H,2-3,5,8H2,1H3;4H,1-3H3. The minimum absolute atomic E-state index is 0.833. The molecule has 0 heterocycles. The Balaban J connectivity index is 0.000000423. The van der Waals surface area contributed by atoms with Gasteiger partial charge in [0.15, 0.2) is 0 Å². The maximum absolute atomic E-state index is 2.24. The molecule has 0 aromatic heterocycles. The van der Waals surface area contributed by atoms with E-state index in [1.54, 1.807) is 0 Å². The molecule has 0 heteroatoms. The Morgan fingerprint density at radius 1 is 0.933 bits per heavy atom. The van der Waals surface area contributed by atoms with Crippen LogP contribution >= 0.6 is 0 Å². The first-order valence-electron chi connectivity index (χ1n) is 6.20. The zero-order valence-electron chi connectivity index (χ0n) is 10.8. The van der Waals surface area contributed by atoms with E-state index in [9.17, 15) is 0 Å². The van der Waals surface area contributed by atoms with E-state index in [4.69, 9.17) is 0 Å². The van der Waals surface area contributed by atoms with Gasteiger partial charge in [-0.25, -0.2) is 0 Å². The second-order valence-corrected chi connectivity index (χ2v) is 4.67. The Hall–Kier alpha value is -0.780. The first-order valence-corrected chi connectivity index (χ1v) is 6.20. The van der Waals surface area contributed by atoms with Crippen LogP contribution in [0.5, 0.6) is 0 Å². The van der Waals surface area contributed by atoms with Gasteiger partial charge in [-0.15, -0.1) is 0 Å². The third-order valence-electron chi connectivity index (χ3n) is 1.91. The van der Waals surface area contributed by atoms with Gasteiger partial charge in [0.25, 0.3) is 0 Å². The summed E-state index contributed by atoms with van der Waals surface area (Å²) in [6.45, 7) is 8.74. The van der Waals surface area contributed by atoms with Crippen molar-refractivity contribution in [2.45, 2.75) is 53.4 Å². The van der Waals surface area contributed by atoms with Gasteiger partial charge in [-0.3, -0.25) is 0 Å². The SMILES string of the molecule is CC(C)C.CCCCCc1ccccc1. The molecule has 0 N–H and O–H groups in total.